The van der Waals surface area contributed by atoms with Gasteiger partial charge in [0, 0.05) is 0 Å². The molecule has 0 fully saturated rings. The number of rotatable bonds is 7. The molecule has 140 valence electrons. The van der Waals surface area contributed by atoms with Gasteiger partial charge in [-0.3, -0.25) is 4.79 Å². The maximum Gasteiger partial charge on any atom is 0.416 e. The second-order valence-corrected chi connectivity index (χ2v) is 5.93. The lowest BCUT2D eigenvalue weighted by molar-refractivity contribution is -0.137. The van der Waals surface area contributed by atoms with Gasteiger partial charge in [-0.1, -0.05) is 23.7 Å². The smallest absolute Gasteiger partial charge is 0.416 e. The molecule has 0 aliphatic heterocycles. The van der Waals surface area contributed by atoms with Crippen molar-refractivity contribution in [3.05, 3.63) is 58.6 Å². The Hall–Kier alpha value is -2.25. The molecule has 0 radical (unpaired) electrons. The van der Waals surface area contributed by atoms with Crippen LogP contribution < -0.4 is 15.4 Å². The lowest BCUT2D eigenvalue weighted by Crippen LogP contribution is -2.29. The maximum absolute atomic E-state index is 12.7. The van der Waals surface area contributed by atoms with Crippen LogP contribution in [0.5, 0.6) is 5.75 Å². The van der Waals surface area contributed by atoms with Crippen molar-refractivity contribution >= 4 is 23.2 Å². The fourth-order valence-electron chi connectivity index (χ4n) is 2.25. The molecule has 0 saturated carbocycles. The fourth-order valence-corrected chi connectivity index (χ4v) is 2.42. The Morgan fingerprint density at radius 1 is 1.19 bits per heavy atom. The predicted octanol–water partition coefficient (Wildman–Crippen LogP) is 4.14. The number of methoxy groups -OCH3 is 1. The molecule has 0 aliphatic rings. The van der Waals surface area contributed by atoms with Crippen molar-refractivity contribution in [3.8, 4) is 5.75 Å². The third-order valence-electron chi connectivity index (χ3n) is 3.58. The quantitative estimate of drug-likeness (QED) is 0.703. The minimum absolute atomic E-state index is 0.0442. The summed E-state index contributed by atoms with van der Waals surface area (Å²) >= 11 is 5.85. The first-order valence-electron chi connectivity index (χ1n) is 7.80. The van der Waals surface area contributed by atoms with Crippen LogP contribution in [0.3, 0.4) is 0 Å². The third kappa shape index (κ3) is 5.93. The number of carbonyl (C=O) groups is 1. The number of hydrogen-bond donors (Lipinski definition) is 2. The summed E-state index contributed by atoms with van der Waals surface area (Å²) in [5, 5.41) is 5.37. The molecule has 4 nitrogen and oxygen atoms in total. The zero-order valence-electron chi connectivity index (χ0n) is 14.0. The normalized spacial score (nSPS) is 11.3. The molecule has 2 N–H and O–H groups in total. The van der Waals surface area contributed by atoms with E-state index in [4.69, 9.17) is 16.3 Å². The summed E-state index contributed by atoms with van der Waals surface area (Å²) in [6.45, 7) is 0.480. The fraction of sp³-hybridized carbons (Fsp3) is 0.278. The third-order valence-corrected chi connectivity index (χ3v) is 3.91. The van der Waals surface area contributed by atoms with E-state index in [2.05, 4.69) is 10.6 Å². The van der Waals surface area contributed by atoms with Gasteiger partial charge < -0.3 is 15.4 Å². The molecule has 8 heteroatoms. The topological polar surface area (TPSA) is 50.4 Å². The van der Waals surface area contributed by atoms with E-state index in [1.165, 1.54) is 0 Å². The minimum atomic E-state index is -4.50. The van der Waals surface area contributed by atoms with E-state index in [0.29, 0.717) is 13.0 Å². The standard InChI is InChI=1S/C18H18ClF3N2O2/c1-26-14-4-2-3-12(9-14)7-8-23-11-17(25)24-16-10-13(18(20,21)22)5-6-15(16)19/h2-6,9-10,23H,7-8,11H2,1H3,(H,24,25). The average Bonchev–Trinajstić information content (AvgIpc) is 2.60. The number of ether oxygens (including phenoxy) is 1. The van der Waals surface area contributed by atoms with Gasteiger partial charge >= 0.3 is 6.18 Å². The van der Waals surface area contributed by atoms with Gasteiger partial charge in [-0.25, -0.2) is 0 Å². The highest BCUT2D eigenvalue weighted by atomic mass is 35.5. The summed E-state index contributed by atoms with van der Waals surface area (Å²) in [5.41, 5.74) is 0.0995. The Balaban J connectivity index is 1.83. The first-order chi connectivity index (χ1) is 12.3. The molecule has 0 spiro atoms. The van der Waals surface area contributed by atoms with Crippen molar-refractivity contribution in [1.82, 2.24) is 5.32 Å². The largest absolute Gasteiger partial charge is 0.497 e. The van der Waals surface area contributed by atoms with Crippen molar-refractivity contribution < 1.29 is 22.7 Å². The first-order valence-corrected chi connectivity index (χ1v) is 8.17. The van der Waals surface area contributed by atoms with Gasteiger partial charge in [0.05, 0.1) is 29.9 Å². The summed E-state index contributed by atoms with van der Waals surface area (Å²) in [7, 11) is 1.58. The number of benzene rings is 2. The number of alkyl halides is 3. The van der Waals surface area contributed by atoms with Gasteiger partial charge in [-0.15, -0.1) is 0 Å². The molecule has 0 aliphatic carbocycles. The number of hydrogen-bond acceptors (Lipinski definition) is 3. The van der Waals surface area contributed by atoms with Crippen molar-refractivity contribution in [1.29, 1.82) is 0 Å². The SMILES string of the molecule is COc1cccc(CCNCC(=O)Nc2cc(C(F)(F)F)ccc2Cl)c1. The van der Waals surface area contributed by atoms with Crippen LogP contribution in [0, 0.1) is 0 Å². The summed E-state index contributed by atoms with van der Waals surface area (Å²) in [5.74, 6) is 0.274. The number of halogens is 4. The Kier molecular flexibility index (Phi) is 6.88. The molecule has 0 atom stereocenters. The van der Waals surface area contributed by atoms with Gasteiger partial charge in [0.2, 0.25) is 5.91 Å². The van der Waals surface area contributed by atoms with Crippen LogP contribution >= 0.6 is 11.6 Å². The Labute approximate surface area is 154 Å². The molecule has 0 unspecified atom stereocenters. The first kappa shape index (κ1) is 20.1. The molecule has 0 saturated heterocycles. The predicted molar refractivity (Wildman–Crippen MR) is 94.7 cm³/mol. The highest BCUT2D eigenvalue weighted by Gasteiger charge is 2.31. The maximum atomic E-state index is 12.7. The molecule has 2 aromatic carbocycles. The van der Waals surface area contributed by atoms with Gasteiger partial charge in [0.15, 0.2) is 0 Å². The molecular weight excluding hydrogens is 369 g/mol. The van der Waals surface area contributed by atoms with Crippen LogP contribution in [-0.2, 0) is 17.4 Å². The van der Waals surface area contributed by atoms with E-state index in [9.17, 15) is 18.0 Å². The van der Waals surface area contributed by atoms with Crippen LogP contribution in [0.25, 0.3) is 0 Å². The van der Waals surface area contributed by atoms with Gasteiger partial charge in [0.1, 0.15) is 5.75 Å². The van der Waals surface area contributed by atoms with Crippen LogP contribution in [0.4, 0.5) is 18.9 Å². The molecular formula is C18H18ClF3N2O2. The van der Waals surface area contributed by atoms with E-state index in [0.717, 1.165) is 29.5 Å². The molecule has 26 heavy (non-hydrogen) atoms. The van der Waals surface area contributed by atoms with E-state index in [1.54, 1.807) is 7.11 Å². The van der Waals surface area contributed by atoms with Crippen LogP contribution in [-0.4, -0.2) is 26.1 Å². The van der Waals surface area contributed by atoms with E-state index in [1.807, 2.05) is 24.3 Å². The van der Waals surface area contributed by atoms with Crippen molar-refractivity contribution in [2.24, 2.45) is 0 Å². The number of amides is 1. The molecule has 0 aromatic heterocycles. The zero-order chi connectivity index (χ0) is 19.2. The van der Waals surface area contributed by atoms with Gasteiger partial charge in [-0.2, -0.15) is 13.2 Å². The second kappa shape index (κ2) is 8.91. The summed E-state index contributed by atoms with van der Waals surface area (Å²) in [6.07, 6.45) is -3.83. The van der Waals surface area contributed by atoms with Crippen molar-refractivity contribution in [2.45, 2.75) is 12.6 Å². The Morgan fingerprint density at radius 3 is 2.65 bits per heavy atom. The van der Waals surface area contributed by atoms with Crippen molar-refractivity contribution in [2.75, 3.05) is 25.5 Å². The van der Waals surface area contributed by atoms with E-state index < -0.39 is 17.6 Å². The summed E-state index contributed by atoms with van der Waals surface area (Å²) in [6, 6.07) is 10.3. The van der Waals surface area contributed by atoms with Crippen LogP contribution in [0.1, 0.15) is 11.1 Å². The van der Waals surface area contributed by atoms with Crippen LogP contribution in [0.2, 0.25) is 5.02 Å². The Morgan fingerprint density at radius 2 is 1.96 bits per heavy atom. The molecule has 0 heterocycles. The highest BCUT2D eigenvalue weighted by Crippen LogP contribution is 2.33. The number of anilines is 1. The van der Waals surface area contributed by atoms with Crippen molar-refractivity contribution in [3.63, 3.8) is 0 Å². The lowest BCUT2D eigenvalue weighted by atomic mass is 10.1. The second-order valence-electron chi connectivity index (χ2n) is 5.52. The zero-order valence-corrected chi connectivity index (χ0v) is 14.7. The molecule has 0 bridgehead atoms. The highest BCUT2D eigenvalue weighted by molar-refractivity contribution is 6.33. The van der Waals surface area contributed by atoms with Crippen LogP contribution in [0.15, 0.2) is 42.5 Å². The Bertz CT molecular complexity index is 766. The molecule has 2 rings (SSSR count). The number of carbonyl (C=O) groups excluding carboxylic acids is 1. The monoisotopic (exact) mass is 386 g/mol. The average molecular weight is 387 g/mol. The van der Waals surface area contributed by atoms with E-state index >= 15 is 0 Å². The minimum Gasteiger partial charge on any atom is -0.497 e. The van der Waals surface area contributed by atoms with E-state index in [-0.39, 0.29) is 17.3 Å². The summed E-state index contributed by atoms with van der Waals surface area (Å²) < 4.78 is 43.3. The molecule has 1 amide bonds. The summed E-state index contributed by atoms with van der Waals surface area (Å²) in [4.78, 5) is 11.9. The molecule has 2 aromatic rings. The van der Waals surface area contributed by atoms with Gasteiger partial charge in [0.25, 0.3) is 0 Å². The lowest BCUT2D eigenvalue weighted by Gasteiger charge is -2.12. The number of nitrogens with one attached hydrogen (secondary N) is 2. The van der Waals surface area contributed by atoms with Gasteiger partial charge in [-0.05, 0) is 48.9 Å².